The molecule has 0 spiro atoms. The molecule has 0 bridgehead atoms. The van der Waals surface area contributed by atoms with Gasteiger partial charge in [0.25, 0.3) is 0 Å². The van der Waals surface area contributed by atoms with Crippen molar-refractivity contribution >= 4 is 28.4 Å². The number of rotatable bonds is 3. The summed E-state index contributed by atoms with van der Waals surface area (Å²) in [5.74, 6) is 0.606. The van der Waals surface area contributed by atoms with Crippen LogP contribution in [-0.2, 0) is 0 Å². The Kier molecular flexibility index (Phi) is 3.29. The fraction of sp³-hybridized carbons (Fsp3) is 0.250. The molecule has 1 aromatic heterocycles. The fourth-order valence-corrected chi connectivity index (χ4v) is 2.46. The van der Waals surface area contributed by atoms with Crippen molar-refractivity contribution in [2.75, 3.05) is 11.5 Å². The smallest absolute Gasteiger partial charge is 0.141 e. The Labute approximate surface area is 98.1 Å². The van der Waals surface area contributed by atoms with Gasteiger partial charge in [-0.1, -0.05) is 6.92 Å². The molecule has 0 radical (unpaired) electrons. The molecule has 0 saturated heterocycles. The lowest BCUT2D eigenvalue weighted by Gasteiger charge is -2.08. The topological polar surface area (TPSA) is 38.9 Å². The standard InChI is InChI=1S/C12H13FN2S/c1-2-6-16-12-9(13)7-10(14)8-4-3-5-15-11(8)12/h3-5,7H,2,6,14H2,1H3. The minimum atomic E-state index is -0.276. The summed E-state index contributed by atoms with van der Waals surface area (Å²) in [6, 6.07) is 5.06. The molecule has 2 N–H and O–H groups in total. The van der Waals surface area contributed by atoms with Crippen molar-refractivity contribution in [2.24, 2.45) is 0 Å². The number of pyridine rings is 1. The van der Waals surface area contributed by atoms with Gasteiger partial charge in [0.05, 0.1) is 10.4 Å². The van der Waals surface area contributed by atoms with E-state index in [1.54, 1.807) is 6.20 Å². The van der Waals surface area contributed by atoms with Gasteiger partial charge < -0.3 is 5.73 Å². The summed E-state index contributed by atoms with van der Waals surface area (Å²) >= 11 is 1.49. The van der Waals surface area contributed by atoms with E-state index >= 15 is 0 Å². The monoisotopic (exact) mass is 236 g/mol. The highest BCUT2D eigenvalue weighted by Gasteiger charge is 2.11. The number of benzene rings is 1. The number of nitrogens with two attached hydrogens (primary N) is 1. The van der Waals surface area contributed by atoms with E-state index in [-0.39, 0.29) is 5.82 Å². The van der Waals surface area contributed by atoms with E-state index in [9.17, 15) is 4.39 Å². The molecular formula is C12H13FN2S. The van der Waals surface area contributed by atoms with E-state index in [1.165, 1.54) is 17.8 Å². The van der Waals surface area contributed by atoms with Crippen LogP contribution in [0.4, 0.5) is 10.1 Å². The van der Waals surface area contributed by atoms with Gasteiger partial charge in [0.15, 0.2) is 0 Å². The quantitative estimate of drug-likeness (QED) is 0.655. The van der Waals surface area contributed by atoms with Crippen molar-refractivity contribution in [3.05, 3.63) is 30.2 Å². The number of hydrogen-bond donors (Lipinski definition) is 1. The number of fused-ring (bicyclic) bond motifs is 1. The lowest BCUT2D eigenvalue weighted by Crippen LogP contribution is -1.94. The van der Waals surface area contributed by atoms with Gasteiger partial charge in [-0.3, -0.25) is 4.98 Å². The van der Waals surface area contributed by atoms with Gasteiger partial charge in [0.2, 0.25) is 0 Å². The molecule has 0 unspecified atom stereocenters. The second-order valence-electron chi connectivity index (χ2n) is 3.52. The maximum Gasteiger partial charge on any atom is 0.141 e. The van der Waals surface area contributed by atoms with Gasteiger partial charge in [-0.15, -0.1) is 11.8 Å². The lowest BCUT2D eigenvalue weighted by atomic mass is 10.2. The van der Waals surface area contributed by atoms with Crippen LogP contribution in [0, 0.1) is 5.82 Å². The number of thioether (sulfide) groups is 1. The predicted molar refractivity (Wildman–Crippen MR) is 67.1 cm³/mol. The molecule has 1 heterocycles. The lowest BCUT2D eigenvalue weighted by molar-refractivity contribution is 0.605. The zero-order chi connectivity index (χ0) is 11.5. The number of aromatic nitrogens is 1. The Bertz CT molecular complexity index is 514. The zero-order valence-corrected chi connectivity index (χ0v) is 9.85. The SMILES string of the molecule is CCCSc1c(F)cc(N)c2cccnc12. The third-order valence-electron chi connectivity index (χ3n) is 2.28. The Morgan fingerprint density at radius 1 is 1.50 bits per heavy atom. The number of halogens is 1. The van der Waals surface area contributed by atoms with Crippen molar-refractivity contribution in [1.82, 2.24) is 4.98 Å². The van der Waals surface area contributed by atoms with Gasteiger partial charge in [-0.2, -0.15) is 0 Å². The van der Waals surface area contributed by atoms with E-state index < -0.39 is 0 Å². The zero-order valence-electron chi connectivity index (χ0n) is 9.03. The van der Waals surface area contributed by atoms with Crippen LogP contribution >= 0.6 is 11.8 Å². The number of anilines is 1. The normalized spacial score (nSPS) is 10.9. The van der Waals surface area contributed by atoms with Crippen molar-refractivity contribution in [2.45, 2.75) is 18.2 Å². The summed E-state index contributed by atoms with van der Waals surface area (Å²) in [4.78, 5) is 4.82. The molecule has 0 fully saturated rings. The molecule has 0 atom stereocenters. The van der Waals surface area contributed by atoms with E-state index in [4.69, 9.17) is 5.73 Å². The van der Waals surface area contributed by atoms with Crippen LogP contribution in [0.15, 0.2) is 29.3 Å². The van der Waals surface area contributed by atoms with Crippen LogP contribution in [0.2, 0.25) is 0 Å². The second-order valence-corrected chi connectivity index (χ2v) is 4.63. The molecule has 0 saturated carbocycles. The Hall–Kier alpha value is -1.29. The molecule has 84 valence electrons. The Morgan fingerprint density at radius 2 is 2.31 bits per heavy atom. The number of nitrogens with zero attached hydrogens (tertiary/aromatic N) is 1. The van der Waals surface area contributed by atoms with Crippen molar-refractivity contribution in [1.29, 1.82) is 0 Å². The summed E-state index contributed by atoms with van der Waals surface area (Å²) in [5, 5.41) is 0.822. The third-order valence-corrected chi connectivity index (χ3v) is 3.57. The maximum absolute atomic E-state index is 13.8. The van der Waals surface area contributed by atoms with Crippen LogP contribution < -0.4 is 5.73 Å². The van der Waals surface area contributed by atoms with Gasteiger partial charge >= 0.3 is 0 Å². The van der Waals surface area contributed by atoms with Crippen molar-refractivity contribution < 1.29 is 4.39 Å². The van der Waals surface area contributed by atoms with Crippen LogP contribution in [-0.4, -0.2) is 10.7 Å². The Balaban J connectivity index is 2.61. The third kappa shape index (κ3) is 1.97. The molecule has 2 nitrogen and oxygen atoms in total. The highest BCUT2D eigenvalue weighted by atomic mass is 32.2. The van der Waals surface area contributed by atoms with Crippen molar-refractivity contribution in [3.63, 3.8) is 0 Å². The summed E-state index contributed by atoms with van der Waals surface area (Å²) in [7, 11) is 0. The van der Waals surface area contributed by atoms with Gasteiger partial charge in [-0.05, 0) is 30.4 Å². The molecule has 0 aliphatic rings. The molecule has 0 aliphatic heterocycles. The number of nitrogen functional groups attached to an aromatic ring is 1. The fourth-order valence-electron chi connectivity index (χ4n) is 1.55. The van der Waals surface area contributed by atoms with E-state index in [0.717, 1.165) is 17.6 Å². The van der Waals surface area contributed by atoms with Crippen LogP contribution in [0.25, 0.3) is 10.9 Å². The summed E-state index contributed by atoms with van der Waals surface area (Å²) in [6.07, 6.45) is 2.67. The highest BCUT2D eigenvalue weighted by Crippen LogP contribution is 2.32. The van der Waals surface area contributed by atoms with E-state index in [2.05, 4.69) is 11.9 Å². The molecule has 16 heavy (non-hydrogen) atoms. The second kappa shape index (κ2) is 4.70. The van der Waals surface area contributed by atoms with Crippen LogP contribution in [0.5, 0.6) is 0 Å². The maximum atomic E-state index is 13.8. The Morgan fingerprint density at radius 3 is 3.06 bits per heavy atom. The largest absolute Gasteiger partial charge is 0.398 e. The first-order valence-electron chi connectivity index (χ1n) is 5.19. The molecular weight excluding hydrogens is 223 g/mol. The first kappa shape index (κ1) is 11.2. The minimum absolute atomic E-state index is 0.276. The molecule has 4 heteroatoms. The molecule has 2 rings (SSSR count). The average Bonchev–Trinajstić information content (AvgIpc) is 2.29. The van der Waals surface area contributed by atoms with Crippen LogP contribution in [0.3, 0.4) is 0 Å². The van der Waals surface area contributed by atoms with Gasteiger partial charge in [0, 0.05) is 17.3 Å². The molecule has 2 aromatic rings. The average molecular weight is 236 g/mol. The summed E-state index contributed by atoms with van der Waals surface area (Å²) in [5.41, 5.74) is 6.88. The first-order chi connectivity index (χ1) is 7.74. The minimum Gasteiger partial charge on any atom is -0.398 e. The van der Waals surface area contributed by atoms with Gasteiger partial charge in [-0.25, -0.2) is 4.39 Å². The summed E-state index contributed by atoms with van der Waals surface area (Å²) in [6.45, 7) is 2.07. The molecule has 0 aliphatic carbocycles. The van der Waals surface area contributed by atoms with E-state index in [1.807, 2.05) is 12.1 Å². The van der Waals surface area contributed by atoms with E-state index in [0.29, 0.717) is 16.1 Å². The highest BCUT2D eigenvalue weighted by molar-refractivity contribution is 7.99. The van der Waals surface area contributed by atoms with Crippen molar-refractivity contribution in [3.8, 4) is 0 Å². The number of hydrogen-bond acceptors (Lipinski definition) is 3. The van der Waals surface area contributed by atoms with Gasteiger partial charge in [0.1, 0.15) is 5.82 Å². The molecule has 1 aromatic carbocycles. The van der Waals surface area contributed by atoms with Crippen LogP contribution in [0.1, 0.15) is 13.3 Å². The summed E-state index contributed by atoms with van der Waals surface area (Å²) < 4.78 is 13.8. The first-order valence-corrected chi connectivity index (χ1v) is 6.18. The predicted octanol–water partition coefficient (Wildman–Crippen LogP) is 3.46. The molecule has 0 amide bonds.